The van der Waals surface area contributed by atoms with Gasteiger partial charge in [-0.25, -0.2) is 0 Å². The minimum Gasteiger partial charge on any atom is -0.159 e. The molecule has 0 unspecified atom stereocenters. The summed E-state index contributed by atoms with van der Waals surface area (Å²) >= 11 is 0. The van der Waals surface area contributed by atoms with Gasteiger partial charge < -0.3 is 0 Å². The van der Waals surface area contributed by atoms with Crippen molar-refractivity contribution in [3.63, 3.8) is 0 Å². The maximum atomic E-state index is 3.87. The van der Waals surface area contributed by atoms with Crippen LogP contribution in [-0.2, 0) is 0 Å². The molecule has 0 bridgehead atoms. The van der Waals surface area contributed by atoms with Gasteiger partial charge in [0.2, 0.25) is 0 Å². The largest absolute Gasteiger partial charge is 0.159 e. The molecule has 10 heavy (non-hydrogen) atoms. The number of hydrogen-bond donors (Lipinski definition) is 0. The van der Waals surface area contributed by atoms with E-state index in [2.05, 4.69) is 22.3 Å². The lowest BCUT2D eigenvalue weighted by atomic mass is 10.2. The Morgan fingerprint density at radius 3 is 3.30 bits per heavy atom. The fraction of sp³-hybridized carbons (Fsp3) is 0. The second-order valence-corrected chi connectivity index (χ2v) is 1.93. The van der Waals surface area contributed by atoms with Crippen molar-refractivity contribution in [2.45, 2.75) is 0 Å². The summed E-state index contributed by atoms with van der Waals surface area (Å²) in [5.41, 5.74) is 0.838. The van der Waals surface area contributed by atoms with Crippen LogP contribution in [0.2, 0.25) is 0 Å². The van der Waals surface area contributed by atoms with Gasteiger partial charge in [0.1, 0.15) is 0 Å². The summed E-state index contributed by atoms with van der Waals surface area (Å²) in [5.74, 6) is 0. The molecule has 2 rings (SSSR count). The lowest BCUT2D eigenvalue weighted by molar-refractivity contribution is 1.08. The molecule has 2 aromatic rings. The first-order chi connectivity index (χ1) is 4.97. The Bertz CT molecular complexity index is 278. The fourth-order valence-corrected chi connectivity index (χ4v) is 0.811. The second kappa shape index (κ2) is 2.06. The normalized spacial score (nSPS) is 10.0. The molecule has 1 aromatic heterocycles. The molecule has 0 aliphatic heterocycles. The molecular formula is C8H4N2. The van der Waals surface area contributed by atoms with Gasteiger partial charge in [0.15, 0.2) is 0 Å². The van der Waals surface area contributed by atoms with Gasteiger partial charge in [0.25, 0.3) is 0 Å². The monoisotopic (exact) mass is 128 g/mol. The Morgan fingerprint density at radius 1 is 1.40 bits per heavy atom. The summed E-state index contributed by atoms with van der Waals surface area (Å²) in [4.78, 5) is 0. The van der Waals surface area contributed by atoms with Crippen LogP contribution in [0.1, 0.15) is 0 Å². The highest BCUT2D eigenvalue weighted by molar-refractivity contribution is 5.76. The van der Waals surface area contributed by atoms with E-state index in [0.29, 0.717) is 0 Å². The SMILES string of the molecule is [c]1c[c]c2ccnnc2c1. The quantitative estimate of drug-likeness (QED) is 0.533. The van der Waals surface area contributed by atoms with Gasteiger partial charge in [-0.3, -0.25) is 0 Å². The van der Waals surface area contributed by atoms with E-state index in [4.69, 9.17) is 0 Å². The third kappa shape index (κ3) is 0.739. The van der Waals surface area contributed by atoms with Gasteiger partial charge in [-0.1, -0.05) is 0 Å². The van der Waals surface area contributed by atoms with Crippen molar-refractivity contribution in [2.75, 3.05) is 0 Å². The number of rotatable bonds is 0. The summed E-state index contributed by atoms with van der Waals surface area (Å²) < 4.78 is 0. The van der Waals surface area contributed by atoms with Crippen molar-refractivity contribution in [3.05, 3.63) is 36.5 Å². The van der Waals surface area contributed by atoms with Crippen molar-refractivity contribution in [1.29, 1.82) is 0 Å². The van der Waals surface area contributed by atoms with Crippen LogP contribution in [-0.4, -0.2) is 10.2 Å². The third-order valence-corrected chi connectivity index (χ3v) is 1.28. The zero-order chi connectivity index (χ0) is 6.81. The molecule has 0 N–H and O–H groups in total. The van der Waals surface area contributed by atoms with E-state index < -0.39 is 0 Å². The molecule has 46 valence electrons. The van der Waals surface area contributed by atoms with Crippen molar-refractivity contribution >= 4 is 10.9 Å². The summed E-state index contributed by atoms with van der Waals surface area (Å²) in [6.07, 6.45) is 1.65. The molecule has 2 nitrogen and oxygen atoms in total. The first-order valence-electron chi connectivity index (χ1n) is 2.96. The number of hydrogen-bond acceptors (Lipinski definition) is 2. The maximum absolute atomic E-state index is 3.87. The zero-order valence-corrected chi connectivity index (χ0v) is 5.20. The minimum atomic E-state index is 0.838. The molecule has 0 atom stereocenters. The van der Waals surface area contributed by atoms with Gasteiger partial charge in [-0.15, -0.1) is 0 Å². The van der Waals surface area contributed by atoms with Crippen LogP contribution in [0, 0.1) is 12.1 Å². The molecule has 0 saturated heterocycles. The lowest BCUT2D eigenvalue weighted by Gasteiger charge is -1.89. The van der Waals surface area contributed by atoms with Crippen LogP contribution in [0.25, 0.3) is 10.9 Å². The predicted molar refractivity (Wildman–Crippen MR) is 37.2 cm³/mol. The van der Waals surface area contributed by atoms with Crippen LogP contribution in [0.3, 0.4) is 0 Å². The molecule has 0 aliphatic carbocycles. The van der Waals surface area contributed by atoms with Crippen LogP contribution < -0.4 is 0 Å². The van der Waals surface area contributed by atoms with Gasteiger partial charge in [-0.2, -0.15) is 10.2 Å². The summed E-state index contributed by atoms with van der Waals surface area (Å²) in [6.45, 7) is 0. The molecule has 1 heterocycles. The number of fused-ring (bicyclic) bond motifs is 1. The molecule has 0 fully saturated rings. The first-order valence-corrected chi connectivity index (χ1v) is 2.96. The highest BCUT2D eigenvalue weighted by Gasteiger charge is 1.88. The van der Waals surface area contributed by atoms with E-state index in [1.807, 2.05) is 6.07 Å². The van der Waals surface area contributed by atoms with Gasteiger partial charge in [0.05, 0.1) is 11.7 Å². The number of aromatic nitrogens is 2. The zero-order valence-electron chi connectivity index (χ0n) is 5.20. The maximum Gasteiger partial charge on any atom is 0.0942 e. The van der Waals surface area contributed by atoms with Crippen LogP contribution in [0.5, 0.6) is 0 Å². The van der Waals surface area contributed by atoms with E-state index >= 15 is 0 Å². The molecule has 0 saturated carbocycles. The molecule has 1 aromatic carbocycles. The molecule has 0 spiro atoms. The smallest absolute Gasteiger partial charge is 0.0942 e. The van der Waals surface area contributed by atoms with Crippen LogP contribution >= 0.6 is 0 Å². The van der Waals surface area contributed by atoms with Gasteiger partial charge in [0, 0.05) is 5.39 Å². The van der Waals surface area contributed by atoms with Crippen molar-refractivity contribution in [1.82, 2.24) is 10.2 Å². The van der Waals surface area contributed by atoms with E-state index in [1.54, 1.807) is 18.3 Å². The molecule has 2 heteroatoms. The molecule has 0 amide bonds. The topological polar surface area (TPSA) is 25.8 Å². The number of nitrogens with zero attached hydrogens (tertiary/aromatic N) is 2. The fourth-order valence-electron chi connectivity index (χ4n) is 0.811. The van der Waals surface area contributed by atoms with Gasteiger partial charge >= 0.3 is 0 Å². The average molecular weight is 128 g/mol. The summed E-state index contributed by atoms with van der Waals surface area (Å²) in [6, 6.07) is 11.3. The van der Waals surface area contributed by atoms with Crippen molar-refractivity contribution < 1.29 is 0 Å². The summed E-state index contributed by atoms with van der Waals surface area (Å²) in [5, 5.41) is 8.57. The highest BCUT2D eigenvalue weighted by Crippen LogP contribution is 2.05. The van der Waals surface area contributed by atoms with Crippen LogP contribution in [0.4, 0.5) is 0 Å². The Morgan fingerprint density at radius 2 is 2.40 bits per heavy atom. The molecular weight excluding hydrogens is 124 g/mol. The standard InChI is InChI=1S/C8H4N2/c1-2-4-8-7(3-1)5-6-9-10-8/h1,4-6H. The molecule has 2 radical (unpaired) electrons. The Kier molecular flexibility index (Phi) is 1.10. The van der Waals surface area contributed by atoms with E-state index in [-0.39, 0.29) is 0 Å². The Hall–Kier alpha value is -1.44. The number of benzene rings is 1. The summed E-state index contributed by atoms with van der Waals surface area (Å²) in [7, 11) is 0. The highest BCUT2D eigenvalue weighted by atomic mass is 15.1. The van der Waals surface area contributed by atoms with Crippen LogP contribution in [0.15, 0.2) is 24.4 Å². The van der Waals surface area contributed by atoms with Crippen molar-refractivity contribution in [3.8, 4) is 0 Å². The van der Waals surface area contributed by atoms with Gasteiger partial charge in [-0.05, 0) is 30.3 Å². The van der Waals surface area contributed by atoms with E-state index in [0.717, 1.165) is 10.9 Å². The first kappa shape index (κ1) is 5.35. The Labute approximate surface area is 58.5 Å². The van der Waals surface area contributed by atoms with Crippen molar-refractivity contribution in [2.24, 2.45) is 0 Å². The van der Waals surface area contributed by atoms with E-state index in [1.165, 1.54) is 0 Å². The second-order valence-electron chi connectivity index (χ2n) is 1.93. The lowest BCUT2D eigenvalue weighted by Crippen LogP contribution is -1.80. The Balaban J connectivity index is 2.89. The average Bonchev–Trinajstić information content (AvgIpc) is 2.05. The third-order valence-electron chi connectivity index (χ3n) is 1.28. The predicted octanol–water partition coefficient (Wildman–Crippen LogP) is 1.23. The van der Waals surface area contributed by atoms with E-state index in [9.17, 15) is 0 Å². The molecule has 0 aliphatic rings. The minimum absolute atomic E-state index is 0.838.